The molecule has 0 aromatic heterocycles. The van der Waals surface area contributed by atoms with Gasteiger partial charge >= 0.3 is 0 Å². The minimum absolute atomic E-state index is 0.113. The van der Waals surface area contributed by atoms with E-state index in [1.165, 1.54) is 0 Å². The van der Waals surface area contributed by atoms with Gasteiger partial charge in [-0.05, 0) is 0 Å². The molecule has 0 aliphatic carbocycles. The van der Waals surface area contributed by atoms with Gasteiger partial charge in [0.25, 0.3) is 0 Å². The molecule has 1 amide bonds. The van der Waals surface area contributed by atoms with Crippen molar-refractivity contribution >= 4 is 5.91 Å². The fourth-order valence-electron chi connectivity index (χ4n) is 0.800. The van der Waals surface area contributed by atoms with Crippen LogP contribution >= 0.6 is 0 Å². The van der Waals surface area contributed by atoms with E-state index in [0.29, 0.717) is 6.54 Å². The van der Waals surface area contributed by atoms with E-state index in [4.69, 9.17) is 0 Å². The van der Waals surface area contributed by atoms with E-state index >= 15 is 0 Å². The molecular formula is C6H10N2O. The van der Waals surface area contributed by atoms with Gasteiger partial charge in [0, 0.05) is 14.1 Å². The summed E-state index contributed by atoms with van der Waals surface area (Å²) < 4.78 is 0. The van der Waals surface area contributed by atoms with Gasteiger partial charge in [-0.15, -0.1) is 0 Å². The highest BCUT2D eigenvalue weighted by Crippen LogP contribution is 2.11. The van der Waals surface area contributed by atoms with Crippen LogP contribution in [0.4, 0.5) is 0 Å². The summed E-state index contributed by atoms with van der Waals surface area (Å²) in [5.74, 6) is 0.891. The molecule has 1 fully saturated rings. The summed E-state index contributed by atoms with van der Waals surface area (Å²) in [6.07, 6.45) is 0. The number of likely N-dealkylation sites (N-methyl/N-ethyl adjacent to an activating group) is 2. The van der Waals surface area contributed by atoms with Crippen LogP contribution in [0, 0.1) is 0 Å². The summed E-state index contributed by atoms with van der Waals surface area (Å²) >= 11 is 0. The normalized spacial score (nSPS) is 19.8. The Labute approximate surface area is 54.5 Å². The van der Waals surface area contributed by atoms with Crippen LogP contribution in [0.2, 0.25) is 0 Å². The third kappa shape index (κ3) is 0.781. The van der Waals surface area contributed by atoms with Gasteiger partial charge in [0.15, 0.2) is 0 Å². The number of hydrogen-bond donors (Lipinski definition) is 0. The molecule has 1 aliphatic rings. The third-order valence-corrected chi connectivity index (χ3v) is 1.57. The van der Waals surface area contributed by atoms with Crippen LogP contribution < -0.4 is 0 Å². The molecule has 1 saturated heterocycles. The second kappa shape index (κ2) is 1.76. The molecule has 0 aromatic rings. The Morgan fingerprint density at radius 2 is 2.11 bits per heavy atom. The molecular weight excluding hydrogens is 116 g/mol. The SMILES string of the molecule is C=C1N(C)CC(=O)N1C. The van der Waals surface area contributed by atoms with E-state index in [1.54, 1.807) is 11.9 Å². The van der Waals surface area contributed by atoms with Crippen molar-refractivity contribution < 1.29 is 4.79 Å². The molecule has 1 heterocycles. The van der Waals surface area contributed by atoms with Gasteiger partial charge < -0.3 is 9.80 Å². The van der Waals surface area contributed by atoms with Gasteiger partial charge in [-0.1, -0.05) is 6.58 Å². The van der Waals surface area contributed by atoms with Gasteiger partial charge in [0.1, 0.15) is 5.82 Å². The van der Waals surface area contributed by atoms with Crippen molar-refractivity contribution in [2.45, 2.75) is 0 Å². The van der Waals surface area contributed by atoms with E-state index in [1.807, 2.05) is 11.9 Å². The highest BCUT2D eigenvalue weighted by molar-refractivity contribution is 5.82. The largest absolute Gasteiger partial charge is 0.352 e. The quantitative estimate of drug-likeness (QED) is 0.451. The first-order valence-corrected chi connectivity index (χ1v) is 2.79. The van der Waals surface area contributed by atoms with Crippen molar-refractivity contribution in [2.24, 2.45) is 0 Å². The van der Waals surface area contributed by atoms with Gasteiger partial charge in [0.2, 0.25) is 5.91 Å². The molecule has 0 N–H and O–H groups in total. The summed E-state index contributed by atoms with van der Waals surface area (Å²) in [6.45, 7) is 4.17. The van der Waals surface area contributed by atoms with E-state index in [-0.39, 0.29) is 5.91 Å². The van der Waals surface area contributed by atoms with Crippen LogP contribution in [0.1, 0.15) is 0 Å². The van der Waals surface area contributed by atoms with E-state index in [0.717, 1.165) is 5.82 Å². The second-order valence-corrected chi connectivity index (χ2v) is 2.23. The molecule has 0 unspecified atom stereocenters. The van der Waals surface area contributed by atoms with E-state index in [9.17, 15) is 4.79 Å². The monoisotopic (exact) mass is 126 g/mol. The molecule has 0 saturated carbocycles. The van der Waals surface area contributed by atoms with Gasteiger partial charge in [0.05, 0.1) is 6.54 Å². The lowest BCUT2D eigenvalue weighted by Crippen LogP contribution is -2.18. The summed E-state index contributed by atoms with van der Waals surface area (Å²) in [7, 11) is 3.58. The van der Waals surface area contributed by atoms with Crippen LogP contribution in [-0.2, 0) is 4.79 Å². The lowest BCUT2D eigenvalue weighted by molar-refractivity contribution is -0.124. The molecule has 9 heavy (non-hydrogen) atoms. The van der Waals surface area contributed by atoms with Crippen LogP contribution in [0.5, 0.6) is 0 Å². The number of nitrogens with zero attached hydrogens (tertiary/aromatic N) is 2. The van der Waals surface area contributed by atoms with Crippen LogP contribution in [0.25, 0.3) is 0 Å². The first-order chi connectivity index (χ1) is 4.13. The molecule has 1 rings (SSSR count). The number of carbonyl (C=O) groups is 1. The zero-order chi connectivity index (χ0) is 7.02. The Morgan fingerprint density at radius 3 is 2.22 bits per heavy atom. The van der Waals surface area contributed by atoms with E-state index < -0.39 is 0 Å². The Morgan fingerprint density at radius 1 is 1.56 bits per heavy atom. The second-order valence-electron chi connectivity index (χ2n) is 2.23. The Bertz CT molecular complexity index is 164. The van der Waals surface area contributed by atoms with Crippen molar-refractivity contribution in [3.8, 4) is 0 Å². The van der Waals surface area contributed by atoms with E-state index in [2.05, 4.69) is 6.58 Å². The molecule has 3 heteroatoms. The van der Waals surface area contributed by atoms with Crippen LogP contribution in [0.15, 0.2) is 12.4 Å². The van der Waals surface area contributed by atoms with Gasteiger partial charge in [-0.3, -0.25) is 4.79 Å². The molecule has 3 nitrogen and oxygen atoms in total. The van der Waals surface area contributed by atoms with Crippen molar-refractivity contribution in [3.63, 3.8) is 0 Å². The fraction of sp³-hybridized carbons (Fsp3) is 0.500. The average Bonchev–Trinajstić information content (AvgIpc) is 1.98. The number of amides is 1. The zero-order valence-electron chi connectivity index (χ0n) is 5.72. The Kier molecular flexibility index (Phi) is 1.20. The topological polar surface area (TPSA) is 23.6 Å². The fourth-order valence-corrected chi connectivity index (χ4v) is 0.800. The lowest BCUT2D eigenvalue weighted by atomic mass is 10.6. The number of hydrogen-bond acceptors (Lipinski definition) is 2. The molecule has 0 spiro atoms. The molecule has 50 valence electrons. The number of rotatable bonds is 0. The standard InChI is InChI=1S/C6H10N2O/c1-5-7(2)4-6(9)8(5)3/h1,4H2,2-3H3. The minimum atomic E-state index is 0.113. The maximum Gasteiger partial charge on any atom is 0.247 e. The van der Waals surface area contributed by atoms with Crippen molar-refractivity contribution in [2.75, 3.05) is 20.6 Å². The first kappa shape index (κ1) is 6.13. The number of carbonyl (C=O) groups excluding carboxylic acids is 1. The summed E-state index contributed by atoms with van der Waals surface area (Å²) in [4.78, 5) is 14.2. The van der Waals surface area contributed by atoms with Crippen LogP contribution in [-0.4, -0.2) is 36.3 Å². The molecule has 0 bridgehead atoms. The minimum Gasteiger partial charge on any atom is -0.352 e. The maximum absolute atomic E-state index is 10.8. The van der Waals surface area contributed by atoms with Gasteiger partial charge in [-0.25, -0.2) is 0 Å². The Hall–Kier alpha value is -0.990. The van der Waals surface area contributed by atoms with Crippen LogP contribution in [0.3, 0.4) is 0 Å². The predicted octanol–water partition coefficient (Wildman–Crippen LogP) is -0.139. The van der Waals surface area contributed by atoms with Crippen molar-refractivity contribution in [1.29, 1.82) is 0 Å². The van der Waals surface area contributed by atoms with Gasteiger partial charge in [-0.2, -0.15) is 0 Å². The maximum atomic E-state index is 10.8. The molecule has 1 aliphatic heterocycles. The molecule has 0 radical (unpaired) electrons. The predicted molar refractivity (Wildman–Crippen MR) is 34.5 cm³/mol. The highest BCUT2D eigenvalue weighted by Gasteiger charge is 2.24. The Balaban J connectivity index is 2.77. The third-order valence-electron chi connectivity index (χ3n) is 1.57. The summed E-state index contributed by atoms with van der Waals surface area (Å²) in [6, 6.07) is 0. The average molecular weight is 126 g/mol. The highest BCUT2D eigenvalue weighted by atomic mass is 16.2. The van der Waals surface area contributed by atoms with Crippen molar-refractivity contribution in [1.82, 2.24) is 9.80 Å². The zero-order valence-corrected chi connectivity index (χ0v) is 5.72. The summed E-state index contributed by atoms with van der Waals surface area (Å²) in [5, 5.41) is 0. The smallest absolute Gasteiger partial charge is 0.247 e. The summed E-state index contributed by atoms with van der Waals surface area (Å²) in [5.41, 5.74) is 0. The molecule has 0 atom stereocenters. The van der Waals surface area contributed by atoms with Crippen molar-refractivity contribution in [3.05, 3.63) is 12.4 Å². The molecule has 0 aromatic carbocycles. The lowest BCUT2D eigenvalue weighted by Gasteiger charge is -2.12. The first-order valence-electron chi connectivity index (χ1n) is 2.79.